The zero-order valence-corrected chi connectivity index (χ0v) is 20.3. The zero-order valence-electron chi connectivity index (χ0n) is 19.5. The van der Waals surface area contributed by atoms with Crippen molar-refractivity contribution < 1.29 is 17.9 Å². The van der Waals surface area contributed by atoms with Crippen LogP contribution >= 0.6 is 0 Å². The predicted octanol–water partition coefficient (Wildman–Crippen LogP) is 5.18. The Morgan fingerprint density at radius 2 is 1.50 bits per heavy atom. The van der Waals surface area contributed by atoms with Gasteiger partial charge in [0.15, 0.2) is 6.10 Å². The number of sulfonamides is 1. The minimum absolute atomic E-state index is 0.239. The highest BCUT2D eigenvalue weighted by molar-refractivity contribution is 7.89. The van der Waals surface area contributed by atoms with Crippen LogP contribution in [0.3, 0.4) is 0 Å². The fourth-order valence-electron chi connectivity index (χ4n) is 3.94. The molecule has 1 atom stereocenters. The van der Waals surface area contributed by atoms with Crippen LogP contribution in [0.15, 0.2) is 83.8 Å². The number of piperidine rings is 1. The summed E-state index contributed by atoms with van der Waals surface area (Å²) in [5.74, 6) is 0.836. The topological polar surface area (TPSA) is 75.7 Å². The lowest BCUT2D eigenvalue weighted by atomic mass is 10.0. The summed E-state index contributed by atoms with van der Waals surface area (Å²) in [7, 11) is -3.52. The fourth-order valence-corrected chi connectivity index (χ4v) is 5.41. The summed E-state index contributed by atoms with van der Waals surface area (Å²) in [5.41, 5.74) is 2.70. The van der Waals surface area contributed by atoms with Gasteiger partial charge in [0.1, 0.15) is 5.75 Å². The summed E-state index contributed by atoms with van der Waals surface area (Å²) in [6.45, 7) is 4.91. The van der Waals surface area contributed by atoms with Crippen molar-refractivity contribution >= 4 is 21.6 Å². The second kappa shape index (κ2) is 10.4. The Morgan fingerprint density at radius 3 is 2.12 bits per heavy atom. The molecule has 0 bridgehead atoms. The normalized spacial score (nSPS) is 16.1. The van der Waals surface area contributed by atoms with Crippen molar-refractivity contribution in [1.29, 1.82) is 0 Å². The van der Waals surface area contributed by atoms with E-state index in [0.717, 1.165) is 24.0 Å². The summed E-state index contributed by atoms with van der Waals surface area (Å²) >= 11 is 0. The van der Waals surface area contributed by atoms with Crippen molar-refractivity contribution in [2.75, 3.05) is 18.4 Å². The van der Waals surface area contributed by atoms with Crippen LogP contribution in [0.1, 0.15) is 26.7 Å². The smallest absolute Gasteiger partial charge is 0.265 e. The predicted molar refractivity (Wildman–Crippen MR) is 134 cm³/mol. The van der Waals surface area contributed by atoms with E-state index >= 15 is 0 Å². The highest BCUT2D eigenvalue weighted by Gasteiger charge is 2.28. The molecule has 34 heavy (non-hydrogen) atoms. The number of hydrogen-bond acceptors (Lipinski definition) is 4. The third-order valence-corrected chi connectivity index (χ3v) is 8.06. The number of carbonyl (C=O) groups is 1. The van der Waals surface area contributed by atoms with Crippen molar-refractivity contribution in [2.45, 2.75) is 37.7 Å². The summed E-state index contributed by atoms with van der Waals surface area (Å²) in [6, 6.07) is 23.9. The third-order valence-electron chi connectivity index (χ3n) is 6.15. The van der Waals surface area contributed by atoms with Gasteiger partial charge in [-0.05, 0) is 73.2 Å². The van der Waals surface area contributed by atoms with E-state index in [1.807, 2.05) is 54.6 Å². The van der Waals surface area contributed by atoms with Gasteiger partial charge in [0.2, 0.25) is 10.0 Å². The molecule has 1 heterocycles. The van der Waals surface area contributed by atoms with Gasteiger partial charge < -0.3 is 10.1 Å². The number of carbonyl (C=O) groups excluding carboxylic acids is 1. The van der Waals surface area contributed by atoms with Gasteiger partial charge in [-0.1, -0.05) is 49.4 Å². The first-order valence-corrected chi connectivity index (χ1v) is 13.0. The largest absolute Gasteiger partial charge is 0.481 e. The van der Waals surface area contributed by atoms with Crippen LogP contribution in [0.5, 0.6) is 5.75 Å². The number of anilines is 1. The lowest BCUT2D eigenvalue weighted by Crippen LogP contribution is -2.37. The molecule has 0 spiro atoms. The van der Waals surface area contributed by atoms with E-state index in [0.29, 0.717) is 30.4 Å². The number of ether oxygens (including phenoxy) is 1. The van der Waals surface area contributed by atoms with Gasteiger partial charge in [-0.25, -0.2) is 8.42 Å². The standard InChI is InChI=1S/C27H30N2O4S/c1-20-16-18-29(19-17-20)34(31,32)26-14-10-24(11-15-26)28-27(30)21(2)33-25-12-8-23(9-13-25)22-6-4-3-5-7-22/h3-15,20-21H,16-19H2,1-2H3,(H,28,30). The molecule has 0 saturated carbocycles. The molecule has 0 radical (unpaired) electrons. The Labute approximate surface area is 201 Å². The minimum atomic E-state index is -3.52. The molecule has 0 aliphatic carbocycles. The first-order chi connectivity index (χ1) is 16.3. The van der Waals surface area contributed by atoms with Gasteiger partial charge in [-0.2, -0.15) is 4.31 Å². The molecule has 1 aliphatic heterocycles. The monoisotopic (exact) mass is 478 g/mol. The second-order valence-electron chi connectivity index (χ2n) is 8.75. The maximum Gasteiger partial charge on any atom is 0.265 e. The average Bonchev–Trinajstić information content (AvgIpc) is 2.85. The van der Waals surface area contributed by atoms with Crippen LogP contribution in [0.2, 0.25) is 0 Å². The molecule has 6 nitrogen and oxygen atoms in total. The van der Waals surface area contributed by atoms with Crippen LogP contribution in [-0.4, -0.2) is 37.8 Å². The van der Waals surface area contributed by atoms with Crippen molar-refractivity contribution in [3.8, 4) is 16.9 Å². The van der Waals surface area contributed by atoms with Crippen molar-refractivity contribution in [3.05, 3.63) is 78.9 Å². The molecule has 3 aromatic rings. The van der Waals surface area contributed by atoms with Gasteiger partial charge in [0.05, 0.1) is 4.90 Å². The molecule has 1 saturated heterocycles. The number of rotatable bonds is 7. The quantitative estimate of drug-likeness (QED) is 0.508. The molecule has 4 rings (SSSR count). The Balaban J connectivity index is 1.34. The molecule has 7 heteroatoms. The molecule has 178 valence electrons. The van der Waals surface area contributed by atoms with E-state index in [9.17, 15) is 13.2 Å². The van der Waals surface area contributed by atoms with Gasteiger partial charge in [-0.15, -0.1) is 0 Å². The summed E-state index contributed by atoms with van der Waals surface area (Å²) in [6.07, 6.45) is 1.03. The van der Waals surface area contributed by atoms with Gasteiger partial charge in [0.25, 0.3) is 5.91 Å². The van der Waals surface area contributed by atoms with Gasteiger partial charge in [-0.3, -0.25) is 4.79 Å². The number of hydrogen-bond donors (Lipinski definition) is 1. The van der Waals surface area contributed by atoms with Crippen LogP contribution < -0.4 is 10.1 Å². The number of amides is 1. The molecule has 0 aromatic heterocycles. The minimum Gasteiger partial charge on any atom is -0.481 e. The summed E-state index contributed by atoms with van der Waals surface area (Å²) in [4.78, 5) is 12.8. The van der Waals surface area contributed by atoms with Crippen LogP contribution in [0.25, 0.3) is 11.1 Å². The van der Waals surface area contributed by atoms with Crippen LogP contribution in [0, 0.1) is 5.92 Å². The Bertz CT molecular complexity index is 1200. The molecule has 1 aliphatic rings. The summed E-state index contributed by atoms with van der Waals surface area (Å²) < 4.78 is 33.1. The first kappa shape index (κ1) is 24.0. The summed E-state index contributed by atoms with van der Waals surface area (Å²) in [5, 5.41) is 2.79. The van der Waals surface area contributed by atoms with E-state index in [1.54, 1.807) is 23.4 Å². The van der Waals surface area contributed by atoms with Crippen molar-refractivity contribution in [1.82, 2.24) is 4.31 Å². The Hall–Kier alpha value is -3.16. The molecule has 1 fully saturated rings. The maximum absolute atomic E-state index is 12.9. The SMILES string of the molecule is CC1CCN(S(=O)(=O)c2ccc(NC(=O)C(C)Oc3ccc(-c4ccccc4)cc3)cc2)CC1. The molecule has 1 N–H and O–H groups in total. The van der Waals surface area contributed by atoms with Gasteiger partial charge >= 0.3 is 0 Å². The van der Waals surface area contributed by atoms with Crippen LogP contribution in [0.4, 0.5) is 5.69 Å². The van der Waals surface area contributed by atoms with Gasteiger partial charge in [0, 0.05) is 18.8 Å². The average molecular weight is 479 g/mol. The molecule has 1 unspecified atom stereocenters. The molecule has 1 amide bonds. The van der Waals surface area contributed by atoms with E-state index in [-0.39, 0.29) is 10.8 Å². The first-order valence-electron chi connectivity index (χ1n) is 11.6. The Kier molecular flexibility index (Phi) is 7.34. The van der Waals surface area contributed by atoms with Crippen molar-refractivity contribution in [3.63, 3.8) is 0 Å². The molecule has 3 aromatic carbocycles. The zero-order chi connectivity index (χ0) is 24.1. The molecular formula is C27H30N2O4S. The Morgan fingerprint density at radius 1 is 0.912 bits per heavy atom. The number of nitrogens with one attached hydrogen (secondary N) is 1. The maximum atomic E-state index is 12.9. The molecular weight excluding hydrogens is 448 g/mol. The van der Waals surface area contributed by atoms with E-state index in [2.05, 4.69) is 12.2 Å². The highest BCUT2D eigenvalue weighted by Crippen LogP contribution is 2.25. The highest BCUT2D eigenvalue weighted by atomic mass is 32.2. The lowest BCUT2D eigenvalue weighted by molar-refractivity contribution is -0.122. The van der Waals surface area contributed by atoms with E-state index < -0.39 is 16.1 Å². The third kappa shape index (κ3) is 5.66. The van der Waals surface area contributed by atoms with Crippen molar-refractivity contribution in [2.24, 2.45) is 5.92 Å². The second-order valence-corrected chi connectivity index (χ2v) is 10.7. The number of nitrogens with zero attached hydrogens (tertiary/aromatic N) is 1. The fraction of sp³-hybridized carbons (Fsp3) is 0.296. The van der Waals surface area contributed by atoms with E-state index in [1.165, 1.54) is 12.1 Å². The van der Waals surface area contributed by atoms with Crippen LogP contribution in [-0.2, 0) is 14.8 Å². The van der Waals surface area contributed by atoms with E-state index in [4.69, 9.17) is 4.74 Å². The number of benzene rings is 3. The lowest BCUT2D eigenvalue weighted by Gasteiger charge is -2.29.